The van der Waals surface area contributed by atoms with Gasteiger partial charge in [0, 0.05) is 20.4 Å². The van der Waals surface area contributed by atoms with E-state index in [-0.39, 0.29) is 27.8 Å². The third kappa shape index (κ3) is 19.3. The van der Waals surface area contributed by atoms with Crippen LogP contribution in [0.4, 0.5) is 0 Å². The van der Waals surface area contributed by atoms with Gasteiger partial charge in [0.1, 0.15) is 0 Å². The third-order valence-electron chi connectivity index (χ3n) is 2.34. The maximum absolute atomic E-state index is 7.75. The Morgan fingerprint density at radius 1 is 0.875 bits per heavy atom. The molecule has 0 saturated heterocycles. The molecule has 99 valence electrons. The maximum Gasteiger partial charge on any atom is 0 e. The van der Waals surface area contributed by atoms with Gasteiger partial charge in [0.2, 0.25) is 0 Å². The Morgan fingerprint density at radius 2 is 1.12 bits per heavy atom. The van der Waals surface area contributed by atoms with E-state index in [2.05, 4.69) is 34.2 Å². The van der Waals surface area contributed by atoms with E-state index in [9.17, 15) is 0 Å². The maximum atomic E-state index is 7.75. The Morgan fingerprint density at radius 3 is 1.25 bits per heavy atom. The molecule has 0 aromatic carbocycles. The van der Waals surface area contributed by atoms with Crippen LogP contribution in [0.25, 0.3) is 0 Å². The predicted molar refractivity (Wildman–Crippen MR) is 63.5 cm³/mol. The van der Waals surface area contributed by atoms with Crippen molar-refractivity contribution in [2.24, 2.45) is 11.8 Å². The van der Waals surface area contributed by atoms with Gasteiger partial charge in [-0.15, -0.1) is 0 Å². The van der Waals surface area contributed by atoms with Gasteiger partial charge in [-0.2, -0.15) is 0 Å². The van der Waals surface area contributed by atoms with Gasteiger partial charge in [0.25, 0.3) is 0 Å². The minimum atomic E-state index is 0. The van der Waals surface area contributed by atoms with E-state index in [1.54, 1.807) is 0 Å². The van der Waals surface area contributed by atoms with Gasteiger partial charge < -0.3 is 21.8 Å². The molecule has 0 amide bonds. The van der Waals surface area contributed by atoms with Crippen molar-refractivity contribution in [3.8, 4) is 0 Å². The van der Waals surface area contributed by atoms with Crippen LogP contribution in [0.3, 0.4) is 0 Å². The Hall–Kier alpha value is -0.328. The van der Waals surface area contributed by atoms with Gasteiger partial charge in [0.15, 0.2) is 0 Å². The van der Waals surface area contributed by atoms with Crippen molar-refractivity contribution in [2.45, 2.75) is 39.5 Å². The molecule has 0 N–H and O–H groups in total. The summed E-state index contributed by atoms with van der Waals surface area (Å²) in [7, 11) is 0. The van der Waals surface area contributed by atoms with Crippen molar-refractivity contribution in [3.63, 3.8) is 0 Å². The summed E-state index contributed by atoms with van der Waals surface area (Å²) in [5.41, 5.74) is 0. The van der Waals surface area contributed by atoms with Crippen molar-refractivity contribution in [3.05, 3.63) is 7.43 Å². The van der Waals surface area contributed by atoms with Crippen LogP contribution in [0, 0.1) is 19.3 Å². The van der Waals surface area contributed by atoms with Crippen molar-refractivity contribution >= 4 is 20.4 Å². The van der Waals surface area contributed by atoms with Gasteiger partial charge in [-0.3, -0.25) is 20.4 Å². The molecule has 0 aliphatic heterocycles. The summed E-state index contributed by atoms with van der Waals surface area (Å²) in [6, 6.07) is 0. The molecular formula is C12H22O3Re-4. The van der Waals surface area contributed by atoms with Gasteiger partial charge in [-0.25, -0.2) is 0 Å². The molecule has 0 atom stereocenters. The summed E-state index contributed by atoms with van der Waals surface area (Å²) in [5, 5.41) is 0. The smallest absolute Gasteiger partial charge is 0 e. The van der Waals surface area contributed by atoms with Crippen molar-refractivity contribution in [1.82, 2.24) is 0 Å². The molecule has 0 aromatic heterocycles. The quantitative estimate of drug-likeness (QED) is 0.502. The molecule has 1 aliphatic carbocycles. The number of hydrogen-bond donors (Lipinski definition) is 0. The molecular weight excluding hydrogens is 378 g/mol. The summed E-state index contributed by atoms with van der Waals surface area (Å²) in [6.45, 7) is 14.4. The average molecular weight is 401 g/mol. The summed E-state index contributed by atoms with van der Waals surface area (Å²) < 4.78 is 0. The first kappa shape index (κ1) is 29.6. The minimum Gasteiger partial charge on any atom is -0.545 e. The zero-order valence-corrected chi connectivity index (χ0v) is 13.0. The molecule has 1 fully saturated rings. The van der Waals surface area contributed by atoms with Gasteiger partial charge in [-0.05, 0) is 11.8 Å². The predicted octanol–water partition coefficient (Wildman–Crippen LogP) is 2.46. The third-order valence-corrected chi connectivity index (χ3v) is 2.34. The van der Waals surface area contributed by atoms with Gasteiger partial charge in [0.05, 0.1) is 0 Å². The molecule has 3 nitrogen and oxygen atoms in total. The summed E-state index contributed by atoms with van der Waals surface area (Å²) in [6.07, 6.45) is 5.97. The van der Waals surface area contributed by atoms with E-state index in [4.69, 9.17) is 14.4 Å². The molecule has 1 rings (SSSR count). The van der Waals surface area contributed by atoms with Crippen molar-refractivity contribution in [1.29, 1.82) is 0 Å². The molecule has 1 radical (unpaired) electrons. The van der Waals surface area contributed by atoms with Crippen LogP contribution >= 0.6 is 0 Å². The van der Waals surface area contributed by atoms with Crippen LogP contribution in [0.2, 0.25) is 0 Å². The normalized spacial score (nSPS) is 12.2. The van der Waals surface area contributed by atoms with Crippen LogP contribution in [-0.4, -0.2) is 20.4 Å². The monoisotopic (exact) mass is 401 g/mol. The zero-order chi connectivity index (χ0) is 12.0. The van der Waals surface area contributed by atoms with Crippen molar-refractivity contribution in [2.75, 3.05) is 0 Å². The van der Waals surface area contributed by atoms with Crippen LogP contribution in [0.5, 0.6) is 0 Å². The van der Waals surface area contributed by atoms with Crippen molar-refractivity contribution < 1.29 is 34.8 Å². The van der Waals surface area contributed by atoms with E-state index < -0.39 is 0 Å². The first-order valence-electron chi connectivity index (χ1n) is 4.51. The van der Waals surface area contributed by atoms with Crippen LogP contribution in [0.15, 0.2) is 0 Å². The first-order valence-corrected chi connectivity index (χ1v) is 4.51. The molecule has 0 heterocycles. The average Bonchev–Trinajstić information content (AvgIpc) is 2.80. The Balaban J connectivity index is -0.0000000445. The Labute approximate surface area is 114 Å². The largest absolute Gasteiger partial charge is 0.545 e. The molecule has 0 spiro atoms. The fourth-order valence-electron chi connectivity index (χ4n) is 1.62. The molecule has 0 aromatic rings. The number of rotatable bonds is 1. The van der Waals surface area contributed by atoms with E-state index in [0.717, 1.165) is 11.8 Å². The van der Waals surface area contributed by atoms with E-state index in [1.807, 2.05) is 0 Å². The fraction of sp³-hybridized carbons (Fsp3) is 0.667. The number of hydrogen-bond acceptors (Lipinski definition) is 3. The standard InChI is InChI=1S/C8H16.3CHO.CH3.Re/c1-7(2)8-5-3-4-6-8;3*1-2;;/h7-8H,3-6H2,1-2H3;3*1H;1H3;/q;4*-1;. The van der Waals surface area contributed by atoms with Crippen LogP contribution in [-0.2, 0) is 34.8 Å². The van der Waals surface area contributed by atoms with Crippen LogP contribution < -0.4 is 0 Å². The zero-order valence-electron chi connectivity index (χ0n) is 10.3. The molecule has 0 unspecified atom stereocenters. The summed E-state index contributed by atoms with van der Waals surface area (Å²) >= 11 is 0. The fourth-order valence-corrected chi connectivity index (χ4v) is 1.62. The minimum absolute atomic E-state index is 0. The molecule has 16 heavy (non-hydrogen) atoms. The second-order valence-corrected chi connectivity index (χ2v) is 3.29. The Kier molecular flexibility index (Phi) is 54.3. The first-order chi connectivity index (χ1) is 6.80. The van der Waals surface area contributed by atoms with Crippen LogP contribution in [0.1, 0.15) is 39.5 Å². The molecule has 1 saturated carbocycles. The van der Waals surface area contributed by atoms with E-state index in [0.29, 0.717) is 0 Å². The summed E-state index contributed by atoms with van der Waals surface area (Å²) in [4.78, 5) is 23.2. The topological polar surface area (TPSA) is 51.2 Å². The van der Waals surface area contributed by atoms with E-state index in [1.165, 1.54) is 25.7 Å². The number of carbonyl (C=O) groups excluding carboxylic acids is 3. The summed E-state index contributed by atoms with van der Waals surface area (Å²) in [5.74, 6) is 2.01. The second-order valence-electron chi connectivity index (χ2n) is 3.29. The SMILES string of the molecule is CC(C)C1CCCC1.[CH-]=O.[CH-]=O.[CH-]=O.[CH3-].[Re]. The second kappa shape index (κ2) is 29.3. The molecule has 0 bridgehead atoms. The van der Waals surface area contributed by atoms with E-state index >= 15 is 0 Å². The Bertz CT molecular complexity index is 99.7. The van der Waals surface area contributed by atoms with Gasteiger partial charge >= 0.3 is 0 Å². The molecule has 1 aliphatic rings. The van der Waals surface area contributed by atoms with Gasteiger partial charge in [-0.1, -0.05) is 39.5 Å². The molecule has 4 heteroatoms.